The lowest BCUT2D eigenvalue weighted by Gasteiger charge is -2.28. The van der Waals surface area contributed by atoms with Crippen molar-refractivity contribution in [3.8, 4) is 0 Å². The van der Waals surface area contributed by atoms with Crippen LogP contribution in [0.15, 0.2) is 12.2 Å². The third kappa shape index (κ3) is 1.69. The van der Waals surface area contributed by atoms with Crippen LogP contribution in [-0.2, 0) is 4.79 Å². The highest BCUT2D eigenvalue weighted by atomic mass is 16.1. The van der Waals surface area contributed by atoms with Gasteiger partial charge in [-0.2, -0.15) is 0 Å². The SMILES string of the molecule is C=C1CCCC(=O)C1N(C)C. The summed E-state index contributed by atoms with van der Waals surface area (Å²) in [4.78, 5) is 13.3. The van der Waals surface area contributed by atoms with Crippen LogP contribution in [0.4, 0.5) is 0 Å². The Hall–Kier alpha value is -0.630. The van der Waals surface area contributed by atoms with E-state index in [-0.39, 0.29) is 6.04 Å². The molecule has 2 heteroatoms. The highest BCUT2D eigenvalue weighted by molar-refractivity contribution is 5.87. The van der Waals surface area contributed by atoms with Crippen LogP contribution in [0.1, 0.15) is 19.3 Å². The Labute approximate surface area is 67.9 Å². The summed E-state index contributed by atoms with van der Waals surface area (Å²) in [6.07, 6.45) is 2.72. The zero-order chi connectivity index (χ0) is 8.43. The summed E-state index contributed by atoms with van der Waals surface area (Å²) in [5.41, 5.74) is 1.08. The Morgan fingerprint density at radius 3 is 2.45 bits per heavy atom. The molecule has 0 spiro atoms. The van der Waals surface area contributed by atoms with Gasteiger partial charge in [-0.3, -0.25) is 9.69 Å². The molecule has 0 aromatic heterocycles. The van der Waals surface area contributed by atoms with Crippen LogP contribution >= 0.6 is 0 Å². The van der Waals surface area contributed by atoms with Crippen molar-refractivity contribution in [2.75, 3.05) is 14.1 Å². The average Bonchev–Trinajstić information content (AvgIpc) is 1.85. The molecule has 1 rings (SSSR count). The lowest BCUT2D eigenvalue weighted by Crippen LogP contribution is -2.39. The standard InChI is InChI=1S/C9H15NO/c1-7-5-4-6-8(11)9(7)10(2)3/h9H,1,4-6H2,2-3H3. The maximum atomic E-state index is 11.3. The topological polar surface area (TPSA) is 20.3 Å². The maximum Gasteiger partial charge on any atom is 0.154 e. The fourth-order valence-corrected chi connectivity index (χ4v) is 1.64. The van der Waals surface area contributed by atoms with E-state index in [4.69, 9.17) is 0 Å². The second-order valence-electron chi connectivity index (χ2n) is 3.34. The van der Waals surface area contributed by atoms with Gasteiger partial charge < -0.3 is 0 Å². The lowest BCUT2D eigenvalue weighted by molar-refractivity contribution is -0.123. The van der Waals surface area contributed by atoms with Crippen molar-refractivity contribution in [3.05, 3.63) is 12.2 Å². The molecular formula is C9H15NO. The summed E-state index contributed by atoms with van der Waals surface area (Å²) < 4.78 is 0. The van der Waals surface area contributed by atoms with Gasteiger partial charge in [0.2, 0.25) is 0 Å². The summed E-state index contributed by atoms with van der Waals surface area (Å²) in [6, 6.07) is -0.0104. The molecule has 0 saturated heterocycles. The van der Waals surface area contributed by atoms with Crippen LogP contribution in [0, 0.1) is 0 Å². The number of ketones is 1. The summed E-state index contributed by atoms with van der Waals surface area (Å²) in [7, 11) is 3.86. The van der Waals surface area contributed by atoms with Gasteiger partial charge in [-0.25, -0.2) is 0 Å². The molecule has 0 amide bonds. The van der Waals surface area contributed by atoms with Crippen molar-refractivity contribution in [2.24, 2.45) is 0 Å². The molecule has 0 aliphatic heterocycles. The molecule has 2 nitrogen and oxygen atoms in total. The Morgan fingerprint density at radius 1 is 1.45 bits per heavy atom. The second kappa shape index (κ2) is 3.18. The van der Waals surface area contributed by atoms with Gasteiger partial charge in [0.1, 0.15) is 0 Å². The Balaban J connectivity index is 2.71. The van der Waals surface area contributed by atoms with E-state index in [0.717, 1.165) is 24.8 Å². The average molecular weight is 153 g/mol. The zero-order valence-corrected chi connectivity index (χ0v) is 7.26. The molecule has 0 bridgehead atoms. The van der Waals surface area contributed by atoms with E-state index < -0.39 is 0 Å². The van der Waals surface area contributed by atoms with Crippen LogP contribution in [0.2, 0.25) is 0 Å². The highest BCUT2D eigenvalue weighted by Gasteiger charge is 2.26. The first-order valence-corrected chi connectivity index (χ1v) is 3.99. The fraction of sp³-hybridized carbons (Fsp3) is 0.667. The molecule has 0 aromatic rings. The third-order valence-corrected chi connectivity index (χ3v) is 2.13. The van der Waals surface area contributed by atoms with E-state index in [2.05, 4.69) is 6.58 Å². The van der Waals surface area contributed by atoms with E-state index >= 15 is 0 Å². The molecule has 0 N–H and O–H groups in total. The second-order valence-corrected chi connectivity index (χ2v) is 3.34. The van der Waals surface area contributed by atoms with E-state index in [1.807, 2.05) is 19.0 Å². The molecule has 1 saturated carbocycles. The number of carbonyl (C=O) groups excluding carboxylic acids is 1. The van der Waals surface area contributed by atoms with Gasteiger partial charge in [0, 0.05) is 6.42 Å². The molecule has 0 radical (unpaired) electrons. The Morgan fingerprint density at radius 2 is 2.09 bits per heavy atom. The first kappa shape index (κ1) is 8.47. The van der Waals surface area contributed by atoms with Crippen LogP contribution in [0.5, 0.6) is 0 Å². The summed E-state index contributed by atoms with van der Waals surface area (Å²) in [5, 5.41) is 0. The van der Waals surface area contributed by atoms with Crippen molar-refractivity contribution < 1.29 is 4.79 Å². The molecule has 1 aliphatic carbocycles. The number of Topliss-reactive ketones (excluding diaryl/α,β-unsaturated/α-hetero) is 1. The minimum atomic E-state index is -0.0104. The minimum absolute atomic E-state index is 0.0104. The maximum absolute atomic E-state index is 11.3. The molecule has 1 fully saturated rings. The molecule has 0 heterocycles. The molecule has 1 aliphatic rings. The zero-order valence-electron chi connectivity index (χ0n) is 7.26. The number of hydrogen-bond donors (Lipinski definition) is 0. The number of rotatable bonds is 1. The van der Waals surface area contributed by atoms with Crippen molar-refractivity contribution in [1.82, 2.24) is 4.90 Å². The smallest absolute Gasteiger partial charge is 0.154 e. The monoisotopic (exact) mass is 153 g/mol. The first-order chi connectivity index (χ1) is 5.13. The van der Waals surface area contributed by atoms with Crippen LogP contribution < -0.4 is 0 Å². The van der Waals surface area contributed by atoms with Gasteiger partial charge in [0.05, 0.1) is 6.04 Å². The van der Waals surface area contributed by atoms with Crippen LogP contribution in [0.25, 0.3) is 0 Å². The van der Waals surface area contributed by atoms with Crippen molar-refractivity contribution >= 4 is 5.78 Å². The van der Waals surface area contributed by atoms with Crippen LogP contribution in [-0.4, -0.2) is 30.8 Å². The number of carbonyl (C=O) groups is 1. The van der Waals surface area contributed by atoms with Crippen LogP contribution in [0.3, 0.4) is 0 Å². The predicted octanol–water partition coefficient (Wildman–Crippen LogP) is 1.23. The summed E-state index contributed by atoms with van der Waals surface area (Å²) >= 11 is 0. The van der Waals surface area contributed by atoms with E-state index in [0.29, 0.717) is 5.78 Å². The van der Waals surface area contributed by atoms with Gasteiger partial charge in [0.15, 0.2) is 5.78 Å². The van der Waals surface area contributed by atoms with E-state index in [1.54, 1.807) is 0 Å². The Kier molecular flexibility index (Phi) is 2.45. The van der Waals surface area contributed by atoms with Gasteiger partial charge in [-0.1, -0.05) is 12.2 Å². The van der Waals surface area contributed by atoms with Gasteiger partial charge in [-0.05, 0) is 26.9 Å². The summed E-state index contributed by atoms with van der Waals surface area (Å²) in [6.45, 7) is 3.90. The van der Waals surface area contributed by atoms with Gasteiger partial charge in [-0.15, -0.1) is 0 Å². The first-order valence-electron chi connectivity index (χ1n) is 3.99. The normalized spacial score (nSPS) is 26.3. The van der Waals surface area contributed by atoms with E-state index in [1.165, 1.54) is 0 Å². The molecule has 1 unspecified atom stereocenters. The Bertz CT molecular complexity index is 168. The largest absolute Gasteiger partial charge is 0.298 e. The van der Waals surface area contributed by atoms with Crippen molar-refractivity contribution in [2.45, 2.75) is 25.3 Å². The van der Waals surface area contributed by atoms with Crippen molar-refractivity contribution in [3.63, 3.8) is 0 Å². The molecule has 0 aromatic carbocycles. The van der Waals surface area contributed by atoms with Gasteiger partial charge >= 0.3 is 0 Å². The number of likely N-dealkylation sites (N-methyl/N-ethyl adjacent to an activating group) is 1. The molecular weight excluding hydrogens is 138 g/mol. The number of hydrogen-bond acceptors (Lipinski definition) is 2. The lowest BCUT2D eigenvalue weighted by atomic mass is 9.89. The third-order valence-electron chi connectivity index (χ3n) is 2.13. The number of nitrogens with zero attached hydrogens (tertiary/aromatic N) is 1. The minimum Gasteiger partial charge on any atom is -0.298 e. The fourth-order valence-electron chi connectivity index (χ4n) is 1.64. The van der Waals surface area contributed by atoms with E-state index in [9.17, 15) is 4.79 Å². The molecule has 11 heavy (non-hydrogen) atoms. The quantitative estimate of drug-likeness (QED) is 0.528. The molecule has 1 atom stereocenters. The molecule has 62 valence electrons. The van der Waals surface area contributed by atoms with Crippen molar-refractivity contribution in [1.29, 1.82) is 0 Å². The summed E-state index contributed by atoms with van der Waals surface area (Å²) in [5.74, 6) is 0.325. The van der Waals surface area contributed by atoms with Gasteiger partial charge in [0.25, 0.3) is 0 Å². The predicted molar refractivity (Wildman–Crippen MR) is 45.5 cm³/mol. The highest BCUT2D eigenvalue weighted by Crippen LogP contribution is 2.21.